The Hall–Kier alpha value is -4.05. The molecule has 1 aliphatic carbocycles. The van der Waals surface area contributed by atoms with Crippen molar-refractivity contribution in [2.24, 2.45) is 0 Å². The van der Waals surface area contributed by atoms with E-state index in [2.05, 4.69) is 60.4 Å². The molecule has 12 atom stereocenters. The van der Waals surface area contributed by atoms with Crippen molar-refractivity contribution in [2.45, 2.75) is 243 Å². The van der Waals surface area contributed by atoms with Crippen molar-refractivity contribution in [1.29, 1.82) is 0 Å². The van der Waals surface area contributed by atoms with Gasteiger partial charge in [-0.1, -0.05) is 20.8 Å². The normalized spacial score (nSPS) is 28.1. The summed E-state index contributed by atoms with van der Waals surface area (Å²) in [6.45, 7) is 32.6. The van der Waals surface area contributed by atoms with Crippen molar-refractivity contribution in [3.05, 3.63) is 11.8 Å². The quantitative estimate of drug-likeness (QED) is 0.0532. The zero-order chi connectivity index (χ0) is 58.2. The highest BCUT2D eigenvalue weighted by Gasteiger charge is 2.55. The van der Waals surface area contributed by atoms with Crippen LogP contribution >= 0.6 is 0 Å². The summed E-state index contributed by atoms with van der Waals surface area (Å²) in [5, 5.41) is 61.4. The molecule has 0 aromatic heterocycles. The lowest BCUT2D eigenvalue weighted by Gasteiger charge is -2.50. The molecule has 0 bridgehead atoms. The number of rotatable bonds is 18. The van der Waals surface area contributed by atoms with Crippen LogP contribution < -0.4 is 26.6 Å². The molecule has 0 radical (unpaired) electrons. The molecule has 0 aromatic carbocycles. The summed E-state index contributed by atoms with van der Waals surface area (Å²) in [5.74, 6) is -0.558. The average molecular weight is 1110 g/mol. The van der Waals surface area contributed by atoms with Crippen molar-refractivity contribution in [3.63, 3.8) is 0 Å². The largest absolute Gasteiger partial charge is 0.466 e. The molecule has 25 heteroatoms. The molecule has 76 heavy (non-hydrogen) atoms. The Kier molecular flexibility index (Phi) is 22.9. The summed E-state index contributed by atoms with van der Waals surface area (Å²) >= 11 is 0. The highest BCUT2D eigenvalue weighted by atomic mass is 28.4. The van der Waals surface area contributed by atoms with Crippen LogP contribution in [0.15, 0.2) is 11.8 Å². The first kappa shape index (κ1) is 66.2. The van der Waals surface area contributed by atoms with E-state index in [1.54, 1.807) is 89.2 Å². The Morgan fingerprint density at radius 2 is 1.24 bits per heavy atom. The van der Waals surface area contributed by atoms with Crippen molar-refractivity contribution in [2.75, 3.05) is 39.9 Å². The van der Waals surface area contributed by atoms with Gasteiger partial charge in [0.1, 0.15) is 64.3 Å². The number of likely N-dealkylation sites (N-methyl/N-ethyl adjacent to an activating group) is 1. The van der Waals surface area contributed by atoms with Gasteiger partial charge in [0.25, 0.3) is 0 Å². The summed E-state index contributed by atoms with van der Waals surface area (Å²) in [5.41, 5.74) is -5.52. The van der Waals surface area contributed by atoms with E-state index < -0.39 is 140 Å². The second-order valence-corrected chi connectivity index (χ2v) is 30.3. The van der Waals surface area contributed by atoms with E-state index in [1.807, 2.05) is 0 Å². The molecule has 3 rings (SSSR count). The molecule has 3 aliphatic rings. The summed E-state index contributed by atoms with van der Waals surface area (Å²) in [4.78, 5) is 67.6. The minimum Gasteiger partial charge on any atom is -0.466 e. The van der Waals surface area contributed by atoms with Gasteiger partial charge in [-0.3, -0.25) is 4.79 Å². The molecule has 0 spiro atoms. The summed E-state index contributed by atoms with van der Waals surface area (Å²) in [6, 6.07) is -4.97. The predicted octanol–water partition coefficient (Wildman–Crippen LogP) is 4.01. The van der Waals surface area contributed by atoms with Gasteiger partial charge < -0.3 is 94.2 Å². The summed E-state index contributed by atoms with van der Waals surface area (Å²) in [6.07, 6.45) is -13.8. The van der Waals surface area contributed by atoms with Gasteiger partial charge in [0.15, 0.2) is 14.6 Å². The topological polar surface area (TPSA) is 313 Å². The summed E-state index contributed by atoms with van der Waals surface area (Å²) < 4.78 is 53.8. The lowest BCUT2D eigenvalue weighted by atomic mass is 9.82. The first-order chi connectivity index (χ1) is 34.5. The molecule has 5 unspecified atom stereocenters. The van der Waals surface area contributed by atoms with Crippen LogP contribution in [0.25, 0.3) is 0 Å². The lowest BCUT2D eigenvalue weighted by Crippen LogP contribution is -2.71. The number of ether oxygens (including phenoxy) is 8. The standard InChI is InChI=1S/C51H94N6O18Si/c1-46(2,3)72-42(62)53-23-22-33(58)39(61)54-31-26-32(56-44(64)74-48(7,8)9)37(34(59)36(31)71-41-35(60)38(51(16,66)28-67-41)57(17)45(65)75-49(10,11)12)70-40-30(55-43(63)73-47(4,5)6)21-20-29(69-40)27-52-24-25-68-76(18,19)50(13,14)15/h20,30-38,40-41,52,58-60,66H,21-28H2,1-19H3,(H,53,62)(H,54,61)(H,55,63)(H,56,64)/t30?,31-,32+,33+,34?,35?,36+,37?,38?,40-,41-,51+/m1/s1. The van der Waals surface area contributed by atoms with Gasteiger partial charge in [-0.15, -0.1) is 0 Å². The zero-order valence-electron chi connectivity index (χ0n) is 48.5. The Bertz CT molecular complexity index is 1980. The number of carbonyl (C=O) groups is 5. The molecule has 5 amide bonds. The number of alkyl carbamates (subject to hydrolysis) is 3. The zero-order valence-corrected chi connectivity index (χ0v) is 49.5. The van der Waals surface area contributed by atoms with Crippen LogP contribution in [0.3, 0.4) is 0 Å². The molecule has 0 aromatic rings. The van der Waals surface area contributed by atoms with Gasteiger partial charge >= 0.3 is 24.4 Å². The third-order valence-corrected chi connectivity index (χ3v) is 17.1. The fourth-order valence-electron chi connectivity index (χ4n) is 8.08. The molecular formula is C51H94N6O18Si. The smallest absolute Gasteiger partial charge is 0.410 e. The van der Waals surface area contributed by atoms with E-state index >= 15 is 0 Å². The molecule has 1 saturated heterocycles. The van der Waals surface area contributed by atoms with E-state index in [0.717, 1.165) is 4.90 Å². The molecule has 2 heterocycles. The van der Waals surface area contributed by atoms with Crippen molar-refractivity contribution < 1.29 is 86.7 Å². The van der Waals surface area contributed by atoms with Crippen LogP contribution in [0.4, 0.5) is 19.2 Å². The number of aliphatic hydroxyl groups excluding tert-OH is 3. The maximum Gasteiger partial charge on any atom is 0.410 e. The van der Waals surface area contributed by atoms with Crippen LogP contribution in [0, 0.1) is 0 Å². The average Bonchev–Trinajstić information content (AvgIpc) is 3.21. The number of carbonyl (C=O) groups excluding carboxylic acids is 5. The van der Waals surface area contributed by atoms with Crippen LogP contribution in [-0.2, 0) is 47.1 Å². The Labute approximate surface area is 450 Å². The first-order valence-electron chi connectivity index (χ1n) is 26.1. The van der Waals surface area contributed by atoms with Crippen molar-refractivity contribution >= 4 is 38.6 Å². The van der Waals surface area contributed by atoms with E-state index in [0.29, 0.717) is 18.9 Å². The SMILES string of the molecule is CN(C(=O)OC(C)(C)C)C1C(O)[C@@H](O[C@@H]2C(O)C(O[C@H]3OC(CNCCO[Si](C)(C)C(C)(C)C)=CCC3NC(=O)OC(C)(C)C)[C@@H](NC(=O)OC(C)(C)C)C[C@H]2NC(=O)[C@@H](O)CCNC(=O)OC(C)(C)C)OC[C@]1(C)O. The third-order valence-electron chi connectivity index (χ3n) is 12.6. The van der Waals surface area contributed by atoms with Crippen LogP contribution in [-0.4, -0.2) is 199 Å². The monoisotopic (exact) mass is 1110 g/mol. The Balaban J connectivity index is 2.10. The fourth-order valence-corrected chi connectivity index (χ4v) is 9.13. The van der Waals surface area contributed by atoms with Gasteiger partial charge in [-0.25, -0.2) is 19.2 Å². The van der Waals surface area contributed by atoms with Crippen molar-refractivity contribution in [1.82, 2.24) is 31.5 Å². The second kappa shape index (κ2) is 26.3. The minimum absolute atomic E-state index is 0.00661. The van der Waals surface area contributed by atoms with Gasteiger partial charge in [0.05, 0.1) is 37.3 Å². The predicted molar refractivity (Wildman–Crippen MR) is 281 cm³/mol. The molecule has 2 aliphatic heterocycles. The number of amides is 5. The third kappa shape index (κ3) is 21.3. The Morgan fingerprint density at radius 3 is 1.76 bits per heavy atom. The van der Waals surface area contributed by atoms with E-state index in [1.165, 1.54) is 14.0 Å². The second-order valence-electron chi connectivity index (χ2n) is 25.5. The van der Waals surface area contributed by atoms with Gasteiger partial charge in [0.2, 0.25) is 12.2 Å². The number of hydrogen-bond acceptors (Lipinski definition) is 19. The van der Waals surface area contributed by atoms with Crippen LogP contribution in [0.1, 0.15) is 130 Å². The Morgan fingerprint density at radius 1 is 0.737 bits per heavy atom. The highest BCUT2D eigenvalue weighted by Crippen LogP contribution is 2.37. The number of nitrogens with zero attached hydrogens (tertiary/aromatic N) is 1. The molecule has 1 saturated carbocycles. The first-order valence-corrected chi connectivity index (χ1v) is 29.0. The number of aliphatic hydroxyl groups is 4. The van der Waals surface area contributed by atoms with Crippen LogP contribution in [0.2, 0.25) is 18.1 Å². The van der Waals surface area contributed by atoms with E-state index in [-0.39, 0.29) is 37.4 Å². The molecule has 9 N–H and O–H groups in total. The maximum absolute atomic E-state index is 13.9. The van der Waals surface area contributed by atoms with Gasteiger partial charge in [0, 0.05) is 26.7 Å². The van der Waals surface area contributed by atoms with Gasteiger partial charge in [-0.05, 0) is 133 Å². The minimum atomic E-state index is -2.04. The fraction of sp³-hybridized carbons (Fsp3) is 0.863. The number of nitrogens with one attached hydrogen (secondary N) is 5. The van der Waals surface area contributed by atoms with E-state index in [9.17, 15) is 44.4 Å². The maximum atomic E-state index is 13.9. The van der Waals surface area contributed by atoms with E-state index in [4.69, 9.17) is 42.3 Å². The lowest BCUT2D eigenvalue weighted by molar-refractivity contribution is -0.311. The van der Waals surface area contributed by atoms with Gasteiger partial charge in [-0.2, -0.15) is 0 Å². The molecule has 440 valence electrons. The molecule has 24 nitrogen and oxygen atoms in total. The highest BCUT2D eigenvalue weighted by molar-refractivity contribution is 6.74. The molecular weight excluding hydrogens is 1010 g/mol. The number of hydrogen-bond donors (Lipinski definition) is 9. The molecule has 2 fully saturated rings. The van der Waals surface area contributed by atoms with Crippen molar-refractivity contribution in [3.8, 4) is 0 Å². The summed E-state index contributed by atoms with van der Waals surface area (Å²) in [7, 11) is -0.717. The van der Waals surface area contributed by atoms with Crippen LogP contribution in [0.5, 0.6) is 0 Å².